The number of amides is 1. The van der Waals surface area contributed by atoms with Gasteiger partial charge in [0.05, 0.1) is 6.42 Å². The van der Waals surface area contributed by atoms with Gasteiger partial charge in [-0.2, -0.15) is 8.42 Å². The van der Waals surface area contributed by atoms with E-state index in [0.29, 0.717) is 0 Å². The van der Waals surface area contributed by atoms with E-state index in [1.54, 1.807) is 0 Å². The smallest absolute Gasteiger partial charge is 0.307 e. The summed E-state index contributed by atoms with van der Waals surface area (Å²) >= 11 is 0. The molecule has 0 aromatic rings. The number of halogens is 1. The summed E-state index contributed by atoms with van der Waals surface area (Å²) in [6.07, 6.45) is -0.677. The maximum Gasteiger partial charge on any atom is 0.307 e. The zero-order chi connectivity index (χ0) is 11.6. The Hall–Kier alpha value is -1.18. The first-order valence-electron chi connectivity index (χ1n) is 4.23. The molecule has 1 aliphatic rings. The molecule has 1 atom stereocenters. The number of nitrogens with zero attached hydrogens (tertiary/aromatic N) is 1. The van der Waals surface area contributed by atoms with Crippen molar-refractivity contribution in [2.75, 3.05) is 13.1 Å². The molecule has 0 spiro atoms. The van der Waals surface area contributed by atoms with E-state index in [9.17, 15) is 21.9 Å². The first-order chi connectivity index (χ1) is 6.80. The van der Waals surface area contributed by atoms with Crippen molar-refractivity contribution in [3.8, 4) is 0 Å². The van der Waals surface area contributed by atoms with E-state index < -0.39 is 33.8 Å². The number of rotatable bonds is 4. The van der Waals surface area contributed by atoms with Crippen LogP contribution in [0.4, 0.5) is 3.89 Å². The van der Waals surface area contributed by atoms with Gasteiger partial charge in [0.25, 0.3) is 0 Å². The number of aliphatic carboxylic acids is 1. The number of hydrogen-bond acceptors (Lipinski definition) is 4. The molecule has 1 fully saturated rings. The van der Waals surface area contributed by atoms with Crippen LogP contribution in [0.25, 0.3) is 0 Å². The maximum absolute atomic E-state index is 12.5. The predicted octanol–water partition coefficient (Wildman–Crippen LogP) is -0.639. The summed E-state index contributed by atoms with van der Waals surface area (Å²) in [6.45, 7) is -0.342. The highest BCUT2D eigenvalue weighted by Gasteiger charge is 2.38. The normalized spacial score (nSPS) is 22.1. The molecular weight excluding hydrogens is 229 g/mol. The fraction of sp³-hybridized carbons (Fsp3) is 0.714. The molecule has 0 bridgehead atoms. The van der Waals surface area contributed by atoms with Gasteiger partial charge in [0.1, 0.15) is 5.25 Å². The first-order valence-corrected chi connectivity index (χ1v) is 5.68. The zero-order valence-electron chi connectivity index (χ0n) is 7.72. The van der Waals surface area contributed by atoms with Crippen LogP contribution in [0.1, 0.15) is 12.8 Å². The lowest BCUT2D eigenvalue weighted by Crippen LogP contribution is -2.29. The van der Waals surface area contributed by atoms with Gasteiger partial charge in [-0.15, -0.1) is 3.89 Å². The minimum Gasteiger partial charge on any atom is -0.481 e. The molecule has 15 heavy (non-hydrogen) atoms. The van der Waals surface area contributed by atoms with Crippen LogP contribution in [0.15, 0.2) is 0 Å². The van der Waals surface area contributed by atoms with Crippen LogP contribution in [-0.2, 0) is 19.8 Å². The molecule has 1 unspecified atom stereocenters. The van der Waals surface area contributed by atoms with Gasteiger partial charge in [-0.25, -0.2) is 0 Å². The lowest BCUT2D eigenvalue weighted by atomic mass is 10.4. The lowest BCUT2D eigenvalue weighted by Gasteiger charge is -2.13. The van der Waals surface area contributed by atoms with Crippen molar-refractivity contribution in [3.05, 3.63) is 0 Å². The maximum atomic E-state index is 12.5. The summed E-state index contributed by atoms with van der Waals surface area (Å²) in [7, 11) is -4.72. The number of carboxylic acids is 1. The molecular formula is C7H10FNO5S. The van der Waals surface area contributed by atoms with Gasteiger partial charge >= 0.3 is 16.2 Å². The fourth-order valence-corrected chi connectivity index (χ4v) is 2.07. The van der Waals surface area contributed by atoms with Crippen LogP contribution >= 0.6 is 0 Å². The summed E-state index contributed by atoms with van der Waals surface area (Å²) in [5, 5.41) is 7.01. The second-order valence-electron chi connectivity index (χ2n) is 3.29. The molecule has 0 saturated carbocycles. The summed E-state index contributed by atoms with van der Waals surface area (Å²) < 4.78 is 33.5. The number of likely N-dealkylation sites (tertiary alicyclic amines) is 1. The standard InChI is InChI=1S/C7H10FNO5S/c8-15(13,14)5-3-6(10)9(4-5)2-1-7(11)12/h5H,1-4H2,(H,11,12). The Kier molecular flexibility index (Phi) is 3.28. The minimum atomic E-state index is -4.72. The summed E-state index contributed by atoms with van der Waals surface area (Å²) in [5.41, 5.74) is 0. The van der Waals surface area contributed by atoms with Gasteiger partial charge in [-0.1, -0.05) is 0 Å². The molecule has 1 N–H and O–H groups in total. The summed E-state index contributed by atoms with van der Waals surface area (Å²) in [6, 6.07) is 0. The molecule has 86 valence electrons. The van der Waals surface area contributed by atoms with Gasteiger partial charge in [0.15, 0.2) is 0 Å². The third kappa shape index (κ3) is 3.15. The van der Waals surface area contributed by atoms with Gasteiger partial charge < -0.3 is 10.0 Å². The van der Waals surface area contributed by atoms with E-state index in [0.717, 1.165) is 4.90 Å². The van der Waals surface area contributed by atoms with Gasteiger partial charge in [-0.3, -0.25) is 9.59 Å². The highest BCUT2D eigenvalue weighted by atomic mass is 32.3. The molecule has 6 nitrogen and oxygen atoms in total. The number of hydrogen-bond donors (Lipinski definition) is 1. The predicted molar refractivity (Wildman–Crippen MR) is 47.3 cm³/mol. The van der Waals surface area contributed by atoms with E-state index >= 15 is 0 Å². The van der Waals surface area contributed by atoms with Crippen LogP contribution < -0.4 is 0 Å². The molecule has 0 aromatic heterocycles. The lowest BCUT2D eigenvalue weighted by molar-refractivity contribution is -0.137. The van der Waals surface area contributed by atoms with Crippen LogP contribution in [0.3, 0.4) is 0 Å². The molecule has 0 radical (unpaired) electrons. The van der Waals surface area contributed by atoms with Gasteiger partial charge in [0.2, 0.25) is 5.91 Å². The van der Waals surface area contributed by atoms with Crippen LogP contribution in [0, 0.1) is 0 Å². The molecule has 1 aliphatic heterocycles. The van der Waals surface area contributed by atoms with Crippen molar-refractivity contribution in [2.24, 2.45) is 0 Å². The van der Waals surface area contributed by atoms with Crippen molar-refractivity contribution in [1.29, 1.82) is 0 Å². The first kappa shape index (κ1) is 11.9. The van der Waals surface area contributed by atoms with Crippen LogP contribution in [0.5, 0.6) is 0 Å². The molecule has 0 aliphatic carbocycles. The largest absolute Gasteiger partial charge is 0.481 e. The Morgan fingerprint density at radius 3 is 2.60 bits per heavy atom. The summed E-state index contributed by atoms with van der Waals surface area (Å²) in [4.78, 5) is 22.4. The van der Waals surface area contributed by atoms with Crippen molar-refractivity contribution in [1.82, 2.24) is 4.90 Å². The Morgan fingerprint density at radius 2 is 2.20 bits per heavy atom. The average Bonchev–Trinajstić information content (AvgIpc) is 2.42. The van der Waals surface area contributed by atoms with E-state index in [4.69, 9.17) is 5.11 Å². The monoisotopic (exact) mass is 239 g/mol. The fourth-order valence-electron chi connectivity index (χ4n) is 1.37. The highest BCUT2D eigenvalue weighted by Crippen LogP contribution is 2.19. The second kappa shape index (κ2) is 4.13. The number of carbonyl (C=O) groups is 2. The Bertz CT molecular complexity index is 379. The van der Waals surface area contributed by atoms with Gasteiger partial charge in [-0.05, 0) is 0 Å². The molecule has 0 aromatic carbocycles. The quantitative estimate of drug-likeness (QED) is 0.659. The Balaban J connectivity index is 2.57. The molecule has 1 rings (SSSR count). The van der Waals surface area contributed by atoms with E-state index in [1.165, 1.54) is 0 Å². The SMILES string of the molecule is O=C(O)CCN1CC(S(=O)(=O)F)CC1=O. The van der Waals surface area contributed by atoms with E-state index in [2.05, 4.69) is 0 Å². The van der Waals surface area contributed by atoms with Crippen molar-refractivity contribution in [2.45, 2.75) is 18.1 Å². The molecule has 1 heterocycles. The Morgan fingerprint density at radius 1 is 1.60 bits per heavy atom. The van der Waals surface area contributed by atoms with Crippen molar-refractivity contribution in [3.63, 3.8) is 0 Å². The second-order valence-corrected chi connectivity index (χ2v) is 4.90. The third-order valence-corrected chi connectivity index (χ3v) is 3.28. The Labute approximate surface area is 85.9 Å². The average molecular weight is 239 g/mol. The van der Waals surface area contributed by atoms with Gasteiger partial charge in [0, 0.05) is 19.5 Å². The number of carbonyl (C=O) groups excluding carboxylic acids is 1. The van der Waals surface area contributed by atoms with Crippen molar-refractivity contribution >= 4 is 22.1 Å². The van der Waals surface area contributed by atoms with Crippen molar-refractivity contribution < 1.29 is 27.0 Å². The topological polar surface area (TPSA) is 91.8 Å². The summed E-state index contributed by atoms with van der Waals surface area (Å²) in [5.74, 6) is -1.61. The molecule has 1 amide bonds. The third-order valence-electron chi connectivity index (χ3n) is 2.17. The minimum absolute atomic E-state index is 0.0831. The molecule has 8 heteroatoms. The zero-order valence-corrected chi connectivity index (χ0v) is 8.54. The highest BCUT2D eigenvalue weighted by molar-refractivity contribution is 7.87. The molecule has 1 saturated heterocycles. The number of carboxylic acid groups (broad SMARTS) is 1. The van der Waals surface area contributed by atoms with E-state index in [-0.39, 0.29) is 19.5 Å². The van der Waals surface area contributed by atoms with Crippen LogP contribution in [0.2, 0.25) is 0 Å². The van der Waals surface area contributed by atoms with Crippen LogP contribution in [-0.4, -0.2) is 48.6 Å². The van der Waals surface area contributed by atoms with E-state index in [1.807, 2.05) is 0 Å².